The summed E-state index contributed by atoms with van der Waals surface area (Å²) >= 11 is 0. The van der Waals surface area contributed by atoms with Crippen molar-refractivity contribution in [1.29, 1.82) is 0 Å². The zero-order valence-corrected chi connectivity index (χ0v) is 16.4. The van der Waals surface area contributed by atoms with E-state index in [-0.39, 0.29) is 12.6 Å². The number of hydrogen-bond donors (Lipinski definition) is 4. The Hall–Kier alpha value is -2.62. The number of amides is 4. The second kappa shape index (κ2) is 10.2. The molecule has 1 saturated carbocycles. The van der Waals surface area contributed by atoms with Gasteiger partial charge in [-0.05, 0) is 31.9 Å². The number of anilines is 1. The molecule has 1 unspecified atom stereocenters. The molecule has 29 heavy (non-hydrogen) atoms. The van der Waals surface area contributed by atoms with E-state index in [2.05, 4.69) is 16.0 Å². The lowest BCUT2D eigenvalue weighted by Gasteiger charge is -2.24. The molecule has 1 aromatic rings. The molecule has 0 bridgehead atoms. The van der Waals surface area contributed by atoms with E-state index in [4.69, 9.17) is 0 Å². The first kappa shape index (κ1) is 22.7. The van der Waals surface area contributed by atoms with Crippen LogP contribution in [-0.2, 0) is 9.59 Å². The van der Waals surface area contributed by atoms with Crippen LogP contribution in [0.2, 0.25) is 0 Å². The van der Waals surface area contributed by atoms with Gasteiger partial charge in [-0.2, -0.15) is 0 Å². The molecule has 0 saturated heterocycles. The van der Waals surface area contributed by atoms with Crippen molar-refractivity contribution in [1.82, 2.24) is 10.6 Å². The number of imide groups is 1. The summed E-state index contributed by atoms with van der Waals surface area (Å²) in [7, 11) is 1.55. The van der Waals surface area contributed by atoms with Crippen molar-refractivity contribution in [2.45, 2.75) is 51.1 Å². The van der Waals surface area contributed by atoms with Gasteiger partial charge >= 0.3 is 6.03 Å². The third-order valence-electron chi connectivity index (χ3n) is 5.06. The van der Waals surface area contributed by atoms with Gasteiger partial charge < -0.3 is 15.5 Å². The summed E-state index contributed by atoms with van der Waals surface area (Å²) in [6.45, 7) is 1.28. The Morgan fingerprint density at radius 2 is 1.76 bits per heavy atom. The van der Waals surface area contributed by atoms with E-state index in [9.17, 15) is 27.6 Å². The second-order valence-electron chi connectivity index (χ2n) is 7.31. The highest BCUT2D eigenvalue weighted by molar-refractivity contribution is 5.96. The van der Waals surface area contributed by atoms with Crippen LogP contribution < -0.4 is 20.9 Å². The van der Waals surface area contributed by atoms with E-state index >= 15 is 0 Å². The van der Waals surface area contributed by atoms with Crippen LogP contribution >= 0.6 is 0 Å². The summed E-state index contributed by atoms with van der Waals surface area (Å²) < 4.78 is 39.8. The van der Waals surface area contributed by atoms with Crippen molar-refractivity contribution in [2.75, 3.05) is 18.9 Å². The Morgan fingerprint density at radius 1 is 1.10 bits per heavy atom. The molecule has 2 atom stereocenters. The van der Waals surface area contributed by atoms with Crippen LogP contribution in [0.5, 0.6) is 0 Å². The summed E-state index contributed by atoms with van der Waals surface area (Å²) in [5.41, 5.74) is -0.495. The van der Waals surface area contributed by atoms with Crippen LogP contribution in [0, 0.1) is 17.5 Å². The molecule has 0 aromatic heterocycles. The number of halogens is 3. The van der Waals surface area contributed by atoms with Crippen LogP contribution in [0.1, 0.15) is 39.0 Å². The molecule has 0 radical (unpaired) electrons. The lowest BCUT2D eigenvalue weighted by atomic mass is 9.96. The van der Waals surface area contributed by atoms with Gasteiger partial charge in [-0.3, -0.25) is 14.9 Å². The maximum Gasteiger partial charge on any atom is 0.321 e. The molecular weight excluding hydrogens is 389 g/mol. The van der Waals surface area contributed by atoms with Gasteiger partial charge in [0.15, 0.2) is 30.0 Å². The Kier molecular flexibility index (Phi) is 8.00. The third-order valence-corrected chi connectivity index (χ3v) is 5.06. The van der Waals surface area contributed by atoms with Gasteiger partial charge in [-0.1, -0.05) is 19.3 Å². The first-order chi connectivity index (χ1) is 13.7. The Labute approximate surface area is 167 Å². The van der Waals surface area contributed by atoms with E-state index in [0.29, 0.717) is 11.0 Å². The molecule has 4 N–H and O–H groups in total. The molecule has 160 valence electrons. The average molecular weight is 415 g/mol. The number of carbonyl (C=O) groups excluding carboxylic acids is 3. The number of nitrogens with one attached hydrogen (secondary N) is 4. The van der Waals surface area contributed by atoms with E-state index in [1.807, 2.05) is 0 Å². The highest BCUT2D eigenvalue weighted by atomic mass is 19.2. The zero-order chi connectivity index (χ0) is 21.6. The summed E-state index contributed by atoms with van der Waals surface area (Å²) in [6.07, 6.45) is 4.97. The van der Waals surface area contributed by atoms with Crippen LogP contribution in [0.25, 0.3) is 0 Å². The first-order valence-corrected chi connectivity index (χ1v) is 9.56. The van der Waals surface area contributed by atoms with E-state index in [0.717, 1.165) is 38.2 Å². The van der Waals surface area contributed by atoms with Crippen molar-refractivity contribution in [3.05, 3.63) is 29.6 Å². The van der Waals surface area contributed by atoms with Gasteiger partial charge in [0.25, 0.3) is 11.8 Å². The summed E-state index contributed by atoms with van der Waals surface area (Å²) in [5.74, 6) is -5.80. The number of benzene rings is 1. The van der Waals surface area contributed by atoms with Gasteiger partial charge in [0.2, 0.25) is 0 Å². The fourth-order valence-electron chi connectivity index (χ4n) is 3.14. The number of likely N-dealkylation sites (N-methyl/N-ethyl adjacent to an activating group) is 1. The minimum Gasteiger partial charge on any atom is -0.335 e. The van der Waals surface area contributed by atoms with E-state index in [1.54, 1.807) is 7.05 Å². The van der Waals surface area contributed by atoms with Crippen molar-refractivity contribution in [2.24, 2.45) is 0 Å². The molecule has 1 aliphatic rings. The lowest BCUT2D eigenvalue weighted by Crippen LogP contribution is -3.15. The molecule has 7 nitrogen and oxygen atoms in total. The quantitative estimate of drug-likeness (QED) is 0.525. The highest BCUT2D eigenvalue weighted by Crippen LogP contribution is 2.19. The van der Waals surface area contributed by atoms with Crippen molar-refractivity contribution < 1.29 is 32.5 Å². The Balaban J connectivity index is 1.83. The predicted octanol–water partition coefficient (Wildman–Crippen LogP) is 1.10. The molecule has 4 amide bonds. The maximum atomic E-state index is 13.6. The number of hydrogen-bond acceptors (Lipinski definition) is 3. The van der Waals surface area contributed by atoms with Crippen LogP contribution in [0.15, 0.2) is 12.1 Å². The smallest absolute Gasteiger partial charge is 0.321 e. The highest BCUT2D eigenvalue weighted by Gasteiger charge is 2.27. The van der Waals surface area contributed by atoms with Crippen LogP contribution in [-0.4, -0.2) is 43.5 Å². The summed E-state index contributed by atoms with van der Waals surface area (Å²) in [4.78, 5) is 36.7. The van der Waals surface area contributed by atoms with E-state index in [1.165, 1.54) is 6.92 Å². The molecule has 1 aromatic carbocycles. The van der Waals surface area contributed by atoms with Gasteiger partial charge in [0.1, 0.15) is 0 Å². The van der Waals surface area contributed by atoms with Gasteiger partial charge in [-0.25, -0.2) is 18.0 Å². The Bertz CT molecular complexity index is 769. The molecule has 10 heteroatoms. The maximum absolute atomic E-state index is 13.6. The third kappa shape index (κ3) is 6.45. The second-order valence-corrected chi connectivity index (χ2v) is 7.31. The largest absolute Gasteiger partial charge is 0.335 e. The fourth-order valence-corrected chi connectivity index (χ4v) is 3.14. The number of rotatable bonds is 6. The van der Waals surface area contributed by atoms with Gasteiger partial charge in [0.05, 0.1) is 12.7 Å². The molecule has 0 heterocycles. The lowest BCUT2D eigenvalue weighted by molar-refractivity contribution is -0.885. The normalized spacial score (nSPS) is 16.6. The standard InChI is InChI=1S/C19H25F3N4O3/c1-11(18(28)25-19(29)23-12-6-4-3-5-7-12)26(2)10-15(27)24-14-9-8-13(20)16(21)17(14)22/h8-9,11-12H,3-7,10H2,1-2H3,(H,24,27)(H2,23,25,28,29)/p+1/t11-/m0/s1. The number of carbonyl (C=O) groups is 3. The molecule has 0 aliphatic heterocycles. The van der Waals surface area contributed by atoms with Gasteiger partial charge in [-0.15, -0.1) is 0 Å². The minimum absolute atomic E-state index is 0.0497. The van der Waals surface area contributed by atoms with Crippen LogP contribution in [0.4, 0.5) is 23.7 Å². The average Bonchev–Trinajstić information content (AvgIpc) is 2.68. The monoisotopic (exact) mass is 415 g/mol. The minimum atomic E-state index is -1.68. The van der Waals surface area contributed by atoms with Crippen molar-refractivity contribution in [3.63, 3.8) is 0 Å². The fraction of sp³-hybridized carbons (Fsp3) is 0.526. The molecule has 0 spiro atoms. The molecular formula is C19H26F3N4O3+. The van der Waals surface area contributed by atoms with Gasteiger partial charge in [0, 0.05) is 6.04 Å². The van der Waals surface area contributed by atoms with E-state index < -0.39 is 47.0 Å². The number of urea groups is 1. The molecule has 2 rings (SSSR count). The zero-order valence-electron chi connectivity index (χ0n) is 16.4. The van der Waals surface area contributed by atoms with Crippen molar-refractivity contribution >= 4 is 23.5 Å². The summed E-state index contributed by atoms with van der Waals surface area (Å²) in [5, 5.41) is 7.17. The Morgan fingerprint density at radius 3 is 2.41 bits per heavy atom. The molecule has 1 aliphatic carbocycles. The summed E-state index contributed by atoms with van der Waals surface area (Å²) in [6, 6.07) is 0.328. The van der Waals surface area contributed by atoms with Crippen molar-refractivity contribution in [3.8, 4) is 0 Å². The topological polar surface area (TPSA) is 91.7 Å². The van der Waals surface area contributed by atoms with Crippen LogP contribution in [0.3, 0.4) is 0 Å². The number of quaternary nitrogens is 1. The molecule has 1 fully saturated rings. The predicted molar refractivity (Wildman–Crippen MR) is 99.7 cm³/mol. The SMILES string of the molecule is C[C@@H](C(=O)NC(=O)NC1CCCCC1)[NH+](C)CC(=O)Nc1ccc(F)c(F)c1F. The first-order valence-electron chi connectivity index (χ1n) is 9.56.